The van der Waals surface area contributed by atoms with Crippen LogP contribution in [0, 0.1) is 0 Å². The molecule has 3 N–H and O–H groups in total. The summed E-state index contributed by atoms with van der Waals surface area (Å²) in [7, 11) is 1.90. The molecule has 4 rings (SSSR count). The summed E-state index contributed by atoms with van der Waals surface area (Å²) < 4.78 is 15.6. The van der Waals surface area contributed by atoms with Gasteiger partial charge in [0.2, 0.25) is 0 Å². The molecule has 0 spiro atoms. The largest absolute Gasteiger partial charge is 0.370 e. The van der Waals surface area contributed by atoms with Crippen molar-refractivity contribution in [3.8, 4) is 0 Å². The third-order valence-electron chi connectivity index (χ3n) is 8.48. The average molecular weight is 768 g/mol. The van der Waals surface area contributed by atoms with E-state index >= 15 is 0 Å². The predicted molar refractivity (Wildman–Crippen MR) is 184 cm³/mol. The molecule has 275 valence electrons. The number of carboxylic acid groups (broad SMARTS) is 1. The first-order valence-electron chi connectivity index (χ1n) is 16.8. The molecule has 3 heterocycles. The minimum absolute atomic E-state index is 0.0257. The maximum absolute atomic E-state index is 13.0. The van der Waals surface area contributed by atoms with E-state index in [1.165, 1.54) is 0 Å². The summed E-state index contributed by atoms with van der Waals surface area (Å²) in [5.74, 6) is -3.19. The van der Waals surface area contributed by atoms with Gasteiger partial charge < -0.3 is 15.0 Å². The Morgan fingerprint density at radius 1 is 0.863 bits per heavy atom. The Balaban J connectivity index is 1.33. The molecule has 1 aromatic rings. The van der Waals surface area contributed by atoms with Crippen LogP contribution in [-0.4, -0.2) is 182 Å². The number of carbonyl (C=O) groups is 6. The second-order valence-corrected chi connectivity index (χ2v) is 13.7. The number of rotatable bonds is 10. The van der Waals surface area contributed by atoms with Crippen LogP contribution >= 0.6 is 0 Å². The molecule has 1 aromatic carbocycles. The molecule has 3 aliphatic heterocycles. The van der Waals surface area contributed by atoms with Gasteiger partial charge in [-0.15, -0.1) is 0 Å². The minimum atomic E-state index is -2.00. The fraction of sp³-hybridized carbons (Fsp3) is 0.515. The second kappa shape index (κ2) is 20.0. The summed E-state index contributed by atoms with van der Waals surface area (Å²) in [6, 6.07) is 7.01. The SMILES string of the molecule is CCOC(=O)C1=CC(c2ccc(NC(=O)CNC(=O)CN3CCN4CCN(CC(=O)O)CCN(CC3)CC(=O)[O][68Ga][O]C(=O)C4)cc2)N(C)C=C1. The molecule has 0 aromatic heterocycles. The molecule has 2 amide bonds. The number of ether oxygens (including phenoxy) is 1. The number of fused-ring (bicyclic) bond motifs is 6. The van der Waals surface area contributed by atoms with Crippen molar-refractivity contribution in [2.45, 2.75) is 13.0 Å². The monoisotopic (exact) mass is 767 g/mol. The van der Waals surface area contributed by atoms with Gasteiger partial charge >= 0.3 is 195 Å². The van der Waals surface area contributed by atoms with Crippen molar-refractivity contribution in [1.82, 2.24) is 29.8 Å². The predicted octanol–water partition coefficient (Wildman–Crippen LogP) is -1.33. The van der Waals surface area contributed by atoms with Crippen molar-refractivity contribution < 1.29 is 45.7 Å². The van der Waals surface area contributed by atoms with Gasteiger partial charge in [-0.3, -0.25) is 4.79 Å². The van der Waals surface area contributed by atoms with E-state index in [-0.39, 0.29) is 57.2 Å². The topological polar surface area (TPSA) is 191 Å². The Morgan fingerprint density at radius 2 is 1.43 bits per heavy atom. The van der Waals surface area contributed by atoms with Crippen LogP contribution in [0.4, 0.5) is 5.69 Å². The fourth-order valence-corrected chi connectivity index (χ4v) is 6.56. The van der Waals surface area contributed by atoms with E-state index in [4.69, 9.17) is 11.8 Å². The van der Waals surface area contributed by atoms with Gasteiger partial charge in [0.25, 0.3) is 0 Å². The summed E-state index contributed by atoms with van der Waals surface area (Å²) >= 11 is -2.00. The summed E-state index contributed by atoms with van der Waals surface area (Å²) in [5, 5.41) is 14.8. The summed E-state index contributed by atoms with van der Waals surface area (Å²) in [6.07, 6.45) is 5.34. The van der Waals surface area contributed by atoms with E-state index in [0.29, 0.717) is 63.6 Å². The number of likely N-dealkylation sites (N-methyl/N-ethyl adjacent to an activating group) is 1. The van der Waals surface area contributed by atoms with Crippen molar-refractivity contribution in [3.63, 3.8) is 0 Å². The molecule has 3 atom stereocenters. The Kier molecular flexibility index (Phi) is 15.5. The average Bonchev–Trinajstić information content (AvgIpc) is 3.08. The molecule has 51 heavy (non-hydrogen) atoms. The Bertz CT molecular complexity index is 1440. The molecule has 2 saturated heterocycles. The standard InChI is InChI=1S/C33H47N7O10.Ga/c1-3-50-33(49)25-8-9-36(2)27(18-25)24-4-6-26(7-5-24)35-28(41)19-34-29(42)20-37-10-12-38(21-30(43)44)14-16-40(23-32(47)48)17-15-39(13-11-37)22-31(45)46;/h4-9,18,27H,3,10-17,19-23H2,1-2H3,(H,34,42)(H,35,41)(H,43,44)(H,45,46)(H,47,48);/q;+2/p-2/i;1-2. The first kappa shape index (κ1) is 39.6. The quantitative estimate of drug-likeness (QED) is 0.144. The van der Waals surface area contributed by atoms with Gasteiger partial charge in [0, 0.05) is 18.9 Å². The normalized spacial score (nSPS) is 22.4. The van der Waals surface area contributed by atoms with Crippen molar-refractivity contribution in [2.24, 2.45) is 0 Å². The molecule has 3 aliphatic rings. The van der Waals surface area contributed by atoms with E-state index < -0.39 is 42.0 Å². The number of hydrogen-bond donors (Lipinski definition) is 3. The molecular weight excluding hydrogens is 722 g/mol. The second-order valence-electron chi connectivity index (χ2n) is 12.3. The van der Waals surface area contributed by atoms with Crippen LogP contribution in [0.2, 0.25) is 0 Å². The van der Waals surface area contributed by atoms with Gasteiger partial charge in [-0.05, 0) is 36.8 Å². The molecule has 2 bridgehead atoms. The van der Waals surface area contributed by atoms with E-state index in [1.54, 1.807) is 30.0 Å². The molecule has 3 unspecified atom stereocenters. The van der Waals surface area contributed by atoms with Crippen LogP contribution in [0.5, 0.6) is 0 Å². The number of nitrogens with one attached hydrogen (secondary N) is 2. The van der Waals surface area contributed by atoms with Crippen molar-refractivity contribution in [3.05, 3.63) is 53.8 Å². The van der Waals surface area contributed by atoms with Gasteiger partial charge in [0.15, 0.2) is 0 Å². The summed E-state index contributed by atoms with van der Waals surface area (Å²) in [4.78, 5) is 83.7. The molecule has 1 radical (unpaired) electrons. The third kappa shape index (κ3) is 13.5. The van der Waals surface area contributed by atoms with E-state index in [0.717, 1.165) is 5.56 Å². The molecule has 18 heteroatoms. The first-order chi connectivity index (χ1) is 24.5. The van der Waals surface area contributed by atoms with Crippen LogP contribution < -0.4 is 10.6 Å². The number of aliphatic carboxylic acids is 1. The molecule has 0 aliphatic carbocycles. The Hall–Kier alpha value is -4.20. The molecule has 2 fully saturated rings. The summed E-state index contributed by atoms with van der Waals surface area (Å²) in [6.45, 7) is 4.61. The van der Waals surface area contributed by atoms with Crippen LogP contribution in [0.1, 0.15) is 18.5 Å². The Morgan fingerprint density at radius 3 is 1.98 bits per heavy atom. The van der Waals surface area contributed by atoms with Gasteiger partial charge in [0.1, 0.15) is 0 Å². The zero-order chi connectivity index (χ0) is 36.8. The van der Waals surface area contributed by atoms with Gasteiger partial charge in [0.05, 0.1) is 18.2 Å². The molecule has 17 nitrogen and oxygen atoms in total. The van der Waals surface area contributed by atoms with Gasteiger partial charge in [-0.2, -0.15) is 0 Å². The zero-order valence-electron chi connectivity index (χ0n) is 29.0. The number of carbonyl (C=O) groups excluding carboxylic acids is 5. The minimum Gasteiger partial charge on any atom is -0.370 e. The number of nitrogens with zero attached hydrogens (tertiary/aromatic N) is 5. The maximum atomic E-state index is 13.0. The first-order valence-corrected chi connectivity index (χ1v) is 18.7. The van der Waals surface area contributed by atoms with Gasteiger partial charge in [-0.1, -0.05) is 12.1 Å². The van der Waals surface area contributed by atoms with Crippen LogP contribution in [0.3, 0.4) is 0 Å². The van der Waals surface area contributed by atoms with Crippen LogP contribution in [-0.2, 0) is 40.6 Å². The van der Waals surface area contributed by atoms with E-state index in [2.05, 4.69) is 10.6 Å². The van der Waals surface area contributed by atoms with Crippen molar-refractivity contribution >= 4 is 59.5 Å². The van der Waals surface area contributed by atoms with Crippen molar-refractivity contribution in [2.75, 3.05) is 104 Å². The van der Waals surface area contributed by atoms with Crippen LogP contribution in [0.15, 0.2) is 48.2 Å². The van der Waals surface area contributed by atoms with E-state index in [1.807, 2.05) is 51.1 Å². The smallest absolute Gasteiger partial charge is 0.00684 e. The Labute approximate surface area is 305 Å². The number of hydrogen-bond acceptors (Lipinski definition) is 14. The molecule has 0 saturated carbocycles. The van der Waals surface area contributed by atoms with Gasteiger partial charge in [-0.25, -0.2) is 4.79 Å². The summed E-state index contributed by atoms with van der Waals surface area (Å²) in [5.41, 5.74) is 1.92. The number of benzene rings is 1. The third-order valence-corrected chi connectivity index (χ3v) is 9.99. The number of esters is 1. The number of anilines is 1. The van der Waals surface area contributed by atoms with E-state index in [9.17, 15) is 33.9 Å². The van der Waals surface area contributed by atoms with Crippen LogP contribution in [0.25, 0.3) is 0 Å². The maximum Gasteiger partial charge on any atom is 0.00684 e. The number of amides is 2. The number of carboxylic acids is 1. The zero-order valence-corrected chi connectivity index (χ0v) is 31.4. The fourth-order valence-electron chi connectivity index (χ4n) is 5.70. The van der Waals surface area contributed by atoms with Crippen molar-refractivity contribution in [1.29, 1.82) is 0 Å². The molecular formula is C33H45GaN7O10.